The first-order valence-electron chi connectivity index (χ1n) is 3.40. The topological polar surface area (TPSA) is 44.8 Å². The second kappa shape index (κ2) is 6.12. The summed E-state index contributed by atoms with van der Waals surface area (Å²) in [6, 6.07) is 0. The van der Waals surface area contributed by atoms with E-state index in [1.54, 1.807) is 14.0 Å². The lowest BCUT2D eigenvalue weighted by Crippen LogP contribution is -2.23. The smallest absolute Gasteiger partial charge is 0.335 e. The SMILES string of the molecule is COCCOC(=O)C(C)OC. The Balaban J connectivity index is 3.36. The zero-order valence-electron chi connectivity index (χ0n) is 7.12. The molecule has 0 aromatic carbocycles. The molecule has 0 fully saturated rings. The number of methoxy groups -OCH3 is 2. The standard InChI is InChI=1S/C7H14O4/c1-6(10-3)7(8)11-5-4-9-2/h6H,4-5H2,1-3H3. The first-order chi connectivity index (χ1) is 5.22. The Labute approximate surface area is 66.4 Å². The molecule has 11 heavy (non-hydrogen) atoms. The molecule has 4 heteroatoms. The zero-order valence-corrected chi connectivity index (χ0v) is 7.12. The third kappa shape index (κ3) is 4.75. The Kier molecular flexibility index (Phi) is 5.78. The Morgan fingerprint density at radius 2 is 2.00 bits per heavy atom. The molecule has 4 nitrogen and oxygen atoms in total. The number of hydrogen-bond donors (Lipinski definition) is 0. The van der Waals surface area contributed by atoms with Crippen LogP contribution in [0.4, 0.5) is 0 Å². The van der Waals surface area contributed by atoms with Gasteiger partial charge in [0.1, 0.15) is 6.61 Å². The summed E-state index contributed by atoms with van der Waals surface area (Å²) in [5, 5.41) is 0. The normalized spacial score (nSPS) is 12.6. The number of esters is 1. The molecular formula is C7H14O4. The lowest BCUT2D eigenvalue weighted by atomic mass is 10.4. The average Bonchev–Trinajstić information content (AvgIpc) is 2.03. The molecule has 66 valence electrons. The lowest BCUT2D eigenvalue weighted by molar-refractivity contribution is -0.155. The predicted octanol–water partition coefficient (Wildman–Crippen LogP) is 0.211. The molecule has 0 heterocycles. The molecule has 0 amide bonds. The first kappa shape index (κ1) is 10.4. The van der Waals surface area contributed by atoms with Crippen molar-refractivity contribution in [2.45, 2.75) is 13.0 Å². The van der Waals surface area contributed by atoms with Crippen molar-refractivity contribution in [2.75, 3.05) is 27.4 Å². The highest BCUT2D eigenvalue weighted by Gasteiger charge is 2.11. The van der Waals surface area contributed by atoms with E-state index in [4.69, 9.17) is 9.47 Å². The van der Waals surface area contributed by atoms with Gasteiger partial charge in [0, 0.05) is 14.2 Å². The van der Waals surface area contributed by atoms with Crippen LogP contribution < -0.4 is 0 Å². The Morgan fingerprint density at radius 1 is 1.36 bits per heavy atom. The minimum atomic E-state index is -0.494. The minimum absolute atomic E-state index is 0.281. The first-order valence-corrected chi connectivity index (χ1v) is 3.40. The summed E-state index contributed by atoms with van der Waals surface area (Å²) in [5.41, 5.74) is 0. The highest BCUT2D eigenvalue weighted by atomic mass is 16.6. The maximum atomic E-state index is 10.8. The molecule has 0 aromatic heterocycles. The molecule has 0 aliphatic rings. The van der Waals surface area contributed by atoms with Gasteiger partial charge in [-0.25, -0.2) is 4.79 Å². The van der Waals surface area contributed by atoms with E-state index >= 15 is 0 Å². The summed E-state index contributed by atoms with van der Waals surface area (Å²) < 4.78 is 14.2. The van der Waals surface area contributed by atoms with Gasteiger partial charge in [-0.2, -0.15) is 0 Å². The summed E-state index contributed by atoms with van der Waals surface area (Å²) in [5.74, 6) is -0.357. The van der Waals surface area contributed by atoms with Crippen LogP contribution in [0.3, 0.4) is 0 Å². The molecule has 0 aromatic rings. The molecule has 0 radical (unpaired) electrons. The molecule has 0 saturated heterocycles. The van der Waals surface area contributed by atoms with Crippen molar-refractivity contribution < 1.29 is 19.0 Å². The molecular weight excluding hydrogens is 148 g/mol. The molecule has 1 unspecified atom stereocenters. The van der Waals surface area contributed by atoms with Crippen molar-refractivity contribution in [1.29, 1.82) is 0 Å². The van der Waals surface area contributed by atoms with Crippen LogP contribution in [0.1, 0.15) is 6.92 Å². The second-order valence-electron chi connectivity index (χ2n) is 2.04. The molecule has 0 aliphatic carbocycles. The van der Waals surface area contributed by atoms with Gasteiger partial charge in [-0.05, 0) is 6.92 Å². The molecule has 0 spiro atoms. The van der Waals surface area contributed by atoms with Gasteiger partial charge >= 0.3 is 5.97 Å². The van der Waals surface area contributed by atoms with Gasteiger partial charge in [-0.15, -0.1) is 0 Å². The minimum Gasteiger partial charge on any atom is -0.461 e. The van der Waals surface area contributed by atoms with Crippen molar-refractivity contribution in [3.8, 4) is 0 Å². The highest BCUT2D eigenvalue weighted by molar-refractivity contribution is 5.74. The molecule has 0 bridgehead atoms. The van der Waals surface area contributed by atoms with Crippen LogP contribution in [-0.4, -0.2) is 39.5 Å². The summed E-state index contributed by atoms with van der Waals surface area (Å²) >= 11 is 0. The predicted molar refractivity (Wildman–Crippen MR) is 39.3 cm³/mol. The molecule has 0 saturated carbocycles. The summed E-state index contributed by atoms with van der Waals surface area (Å²) in [7, 11) is 3.01. The van der Waals surface area contributed by atoms with E-state index in [2.05, 4.69) is 4.74 Å². The zero-order chi connectivity index (χ0) is 8.69. The highest BCUT2D eigenvalue weighted by Crippen LogP contribution is 1.91. The van der Waals surface area contributed by atoms with E-state index in [9.17, 15) is 4.79 Å². The van der Waals surface area contributed by atoms with Crippen molar-refractivity contribution in [3.05, 3.63) is 0 Å². The number of carbonyl (C=O) groups excluding carboxylic acids is 1. The summed E-state index contributed by atoms with van der Waals surface area (Å²) in [4.78, 5) is 10.8. The van der Waals surface area contributed by atoms with Crippen molar-refractivity contribution in [3.63, 3.8) is 0 Å². The Morgan fingerprint density at radius 3 is 2.45 bits per heavy atom. The van der Waals surface area contributed by atoms with Gasteiger partial charge < -0.3 is 14.2 Å². The monoisotopic (exact) mass is 162 g/mol. The number of ether oxygens (including phenoxy) is 3. The Hall–Kier alpha value is -0.610. The van der Waals surface area contributed by atoms with Gasteiger partial charge in [0.2, 0.25) is 0 Å². The fourth-order valence-corrected chi connectivity index (χ4v) is 0.439. The Bertz CT molecular complexity index is 113. The van der Waals surface area contributed by atoms with Crippen molar-refractivity contribution in [2.24, 2.45) is 0 Å². The largest absolute Gasteiger partial charge is 0.461 e. The maximum Gasteiger partial charge on any atom is 0.335 e. The fraction of sp³-hybridized carbons (Fsp3) is 0.857. The van der Waals surface area contributed by atoms with E-state index < -0.39 is 6.10 Å². The van der Waals surface area contributed by atoms with Crippen LogP contribution >= 0.6 is 0 Å². The van der Waals surface area contributed by atoms with Crippen molar-refractivity contribution >= 4 is 5.97 Å². The number of hydrogen-bond acceptors (Lipinski definition) is 4. The van der Waals surface area contributed by atoms with Gasteiger partial charge in [0.05, 0.1) is 6.61 Å². The number of rotatable bonds is 5. The second-order valence-corrected chi connectivity index (χ2v) is 2.04. The van der Waals surface area contributed by atoms with E-state index in [1.165, 1.54) is 7.11 Å². The third-order valence-corrected chi connectivity index (χ3v) is 1.22. The van der Waals surface area contributed by atoms with E-state index in [0.717, 1.165) is 0 Å². The van der Waals surface area contributed by atoms with Crippen LogP contribution in [0.15, 0.2) is 0 Å². The van der Waals surface area contributed by atoms with E-state index in [1.807, 2.05) is 0 Å². The maximum absolute atomic E-state index is 10.8. The quantitative estimate of drug-likeness (QED) is 0.428. The molecule has 0 rings (SSSR count). The van der Waals surface area contributed by atoms with Crippen LogP contribution in [0.5, 0.6) is 0 Å². The van der Waals surface area contributed by atoms with E-state index in [-0.39, 0.29) is 12.6 Å². The summed E-state index contributed by atoms with van der Waals surface area (Å²) in [6.45, 7) is 2.33. The third-order valence-electron chi connectivity index (χ3n) is 1.22. The van der Waals surface area contributed by atoms with Crippen LogP contribution in [-0.2, 0) is 19.0 Å². The lowest BCUT2D eigenvalue weighted by Gasteiger charge is -2.08. The van der Waals surface area contributed by atoms with Gasteiger partial charge in [0.15, 0.2) is 6.10 Å². The fourth-order valence-electron chi connectivity index (χ4n) is 0.439. The average molecular weight is 162 g/mol. The van der Waals surface area contributed by atoms with Crippen LogP contribution in [0.2, 0.25) is 0 Å². The molecule has 1 atom stereocenters. The van der Waals surface area contributed by atoms with Crippen LogP contribution in [0, 0.1) is 0 Å². The molecule has 0 N–H and O–H groups in total. The van der Waals surface area contributed by atoms with Crippen molar-refractivity contribution in [1.82, 2.24) is 0 Å². The van der Waals surface area contributed by atoms with Gasteiger partial charge in [0.25, 0.3) is 0 Å². The van der Waals surface area contributed by atoms with Gasteiger partial charge in [-0.1, -0.05) is 0 Å². The van der Waals surface area contributed by atoms with E-state index in [0.29, 0.717) is 6.61 Å². The molecule has 0 aliphatic heterocycles. The van der Waals surface area contributed by atoms with Crippen LogP contribution in [0.25, 0.3) is 0 Å². The number of carbonyl (C=O) groups is 1. The summed E-state index contributed by atoms with van der Waals surface area (Å²) in [6.07, 6.45) is -0.494. The van der Waals surface area contributed by atoms with Gasteiger partial charge in [-0.3, -0.25) is 0 Å².